The normalized spacial score (nSPS) is 14.0. The second kappa shape index (κ2) is 8.03. The molecule has 0 amide bonds. The monoisotopic (exact) mass is 293 g/mol. The zero-order valence-corrected chi connectivity index (χ0v) is 13.5. The Morgan fingerprint density at radius 3 is 2.43 bits per heavy atom. The lowest BCUT2D eigenvalue weighted by Crippen LogP contribution is -2.49. The molecule has 0 aliphatic carbocycles. The zero-order valence-electron chi connectivity index (χ0n) is 13.5. The van der Waals surface area contributed by atoms with Crippen molar-refractivity contribution in [3.63, 3.8) is 0 Å². The lowest BCUT2D eigenvalue weighted by Gasteiger charge is -2.25. The van der Waals surface area contributed by atoms with Crippen molar-refractivity contribution < 1.29 is 14.6 Å². The van der Waals surface area contributed by atoms with Gasteiger partial charge in [-0.1, -0.05) is 32.9 Å². The third kappa shape index (κ3) is 5.38. The summed E-state index contributed by atoms with van der Waals surface area (Å²) in [4.78, 5) is 11.3. The predicted octanol–water partition coefficient (Wildman–Crippen LogP) is 3.42. The molecule has 0 saturated carbocycles. The highest BCUT2D eigenvalue weighted by Gasteiger charge is 2.31. The molecule has 4 nitrogen and oxygen atoms in total. The van der Waals surface area contributed by atoms with Gasteiger partial charge in [0.25, 0.3) is 0 Å². The Bertz CT molecular complexity index is 442. The molecular weight excluding hydrogens is 266 g/mol. The SMILES string of the molecule is CCNC(C)(CCCOc1ccc(C(C)C)cc1)C(=O)O. The summed E-state index contributed by atoms with van der Waals surface area (Å²) in [6.45, 7) is 9.10. The number of carbonyl (C=O) groups is 1. The van der Waals surface area contributed by atoms with Gasteiger partial charge in [0.15, 0.2) is 0 Å². The molecule has 0 bridgehead atoms. The van der Waals surface area contributed by atoms with Crippen molar-refractivity contribution in [1.82, 2.24) is 5.32 Å². The largest absolute Gasteiger partial charge is 0.494 e. The van der Waals surface area contributed by atoms with Crippen LogP contribution in [-0.2, 0) is 4.79 Å². The van der Waals surface area contributed by atoms with Crippen LogP contribution in [0.15, 0.2) is 24.3 Å². The summed E-state index contributed by atoms with van der Waals surface area (Å²) in [5.41, 5.74) is 0.410. The van der Waals surface area contributed by atoms with E-state index in [1.54, 1.807) is 6.92 Å². The van der Waals surface area contributed by atoms with Crippen molar-refractivity contribution in [1.29, 1.82) is 0 Å². The molecule has 1 unspecified atom stereocenters. The summed E-state index contributed by atoms with van der Waals surface area (Å²) in [6, 6.07) is 8.08. The van der Waals surface area contributed by atoms with Crippen LogP contribution in [0, 0.1) is 0 Å². The summed E-state index contributed by atoms with van der Waals surface area (Å²) >= 11 is 0. The van der Waals surface area contributed by atoms with Gasteiger partial charge in [0.05, 0.1) is 6.61 Å². The molecule has 0 aromatic heterocycles. The van der Waals surface area contributed by atoms with E-state index in [9.17, 15) is 9.90 Å². The number of benzene rings is 1. The van der Waals surface area contributed by atoms with Crippen molar-refractivity contribution in [2.45, 2.75) is 52.0 Å². The molecule has 0 radical (unpaired) electrons. The van der Waals surface area contributed by atoms with Crippen LogP contribution in [0.2, 0.25) is 0 Å². The maximum Gasteiger partial charge on any atom is 0.323 e. The maximum absolute atomic E-state index is 11.3. The standard InChI is InChI=1S/C17H27NO3/c1-5-18-17(4,16(19)20)11-6-12-21-15-9-7-14(8-10-15)13(2)3/h7-10,13,18H,5-6,11-12H2,1-4H3,(H,19,20). The van der Waals surface area contributed by atoms with Crippen molar-refractivity contribution in [3.05, 3.63) is 29.8 Å². The first-order valence-corrected chi connectivity index (χ1v) is 7.60. The molecule has 0 aliphatic rings. The Labute approximate surface area is 127 Å². The van der Waals surface area contributed by atoms with E-state index in [1.165, 1.54) is 5.56 Å². The van der Waals surface area contributed by atoms with Gasteiger partial charge in [0.2, 0.25) is 0 Å². The van der Waals surface area contributed by atoms with Crippen molar-refractivity contribution in [2.24, 2.45) is 0 Å². The summed E-state index contributed by atoms with van der Waals surface area (Å²) in [5, 5.41) is 12.3. The molecule has 1 rings (SSSR count). The van der Waals surface area contributed by atoms with E-state index in [1.807, 2.05) is 19.1 Å². The Morgan fingerprint density at radius 2 is 1.95 bits per heavy atom. The summed E-state index contributed by atoms with van der Waals surface area (Å²) in [6.07, 6.45) is 1.24. The molecule has 0 aliphatic heterocycles. The van der Waals surface area contributed by atoms with E-state index >= 15 is 0 Å². The first kappa shape index (κ1) is 17.5. The third-order valence-electron chi connectivity index (χ3n) is 3.68. The van der Waals surface area contributed by atoms with Crippen LogP contribution in [0.4, 0.5) is 0 Å². The van der Waals surface area contributed by atoms with E-state index in [0.717, 1.165) is 5.75 Å². The minimum atomic E-state index is -0.875. The number of hydrogen-bond acceptors (Lipinski definition) is 3. The van der Waals surface area contributed by atoms with Gasteiger partial charge in [-0.3, -0.25) is 4.79 Å². The van der Waals surface area contributed by atoms with Crippen molar-refractivity contribution >= 4 is 5.97 Å². The van der Waals surface area contributed by atoms with Gasteiger partial charge >= 0.3 is 5.97 Å². The summed E-state index contributed by atoms with van der Waals surface area (Å²) < 4.78 is 5.67. The second-order valence-electron chi connectivity index (χ2n) is 5.84. The zero-order chi connectivity index (χ0) is 15.9. The highest BCUT2D eigenvalue weighted by Crippen LogP contribution is 2.19. The Kier molecular flexibility index (Phi) is 6.69. The van der Waals surface area contributed by atoms with Gasteiger partial charge in [-0.05, 0) is 49.9 Å². The Balaban J connectivity index is 2.41. The average Bonchev–Trinajstić information content (AvgIpc) is 2.44. The molecule has 4 heteroatoms. The first-order chi connectivity index (χ1) is 9.89. The fourth-order valence-corrected chi connectivity index (χ4v) is 2.23. The van der Waals surface area contributed by atoms with E-state index in [0.29, 0.717) is 31.9 Å². The van der Waals surface area contributed by atoms with Crippen LogP contribution in [-0.4, -0.2) is 29.8 Å². The van der Waals surface area contributed by atoms with E-state index in [4.69, 9.17) is 4.74 Å². The Hall–Kier alpha value is -1.55. The van der Waals surface area contributed by atoms with Gasteiger partial charge in [-0.2, -0.15) is 0 Å². The Morgan fingerprint density at radius 1 is 1.33 bits per heavy atom. The second-order valence-corrected chi connectivity index (χ2v) is 5.84. The maximum atomic E-state index is 11.3. The molecule has 1 atom stereocenters. The van der Waals surface area contributed by atoms with Crippen LogP contribution in [0.5, 0.6) is 5.75 Å². The quantitative estimate of drug-likeness (QED) is 0.685. The lowest BCUT2D eigenvalue weighted by molar-refractivity contribution is -0.144. The number of likely N-dealkylation sites (N-methyl/N-ethyl adjacent to an activating group) is 1. The minimum absolute atomic E-state index is 0.510. The number of ether oxygens (including phenoxy) is 1. The molecule has 118 valence electrons. The predicted molar refractivity (Wildman–Crippen MR) is 85.0 cm³/mol. The smallest absolute Gasteiger partial charge is 0.323 e. The molecule has 1 aromatic rings. The van der Waals surface area contributed by atoms with Crippen molar-refractivity contribution in [3.8, 4) is 5.75 Å². The molecule has 0 spiro atoms. The van der Waals surface area contributed by atoms with Crippen LogP contribution >= 0.6 is 0 Å². The van der Waals surface area contributed by atoms with E-state index in [2.05, 4.69) is 31.3 Å². The number of rotatable bonds is 9. The van der Waals surface area contributed by atoms with Crippen LogP contribution in [0.25, 0.3) is 0 Å². The number of aliphatic carboxylic acids is 1. The van der Waals surface area contributed by atoms with Gasteiger partial charge in [0.1, 0.15) is 11.3 Å². The molecule has 2 N–H and O–H groups in total. The first-order valence-electron chi connectivity index (χ1n) is 7.60. The molecular formula is C17H27NO3. The summed E-state index contributed by atoms with van der Waals surface area (Å²) in [5.74, 6) is 0.529. The van der Waals surface area contributed by atoms with Crippen LogP contribution in [0.3, 0.4) is 0 Å². The molecule has 1 aromatic carbocycles. The fourth-order valence-electron chi connectivity index (χ4n) is 2.23. The van der Waals surface area contributed by atoms with Gasteiger partial charge in [-0.15, -0.1) is 0 Å². The number of nitrogens with one attached hydrogen (secondary N) is 1. The topological polar surface area (TPSA) is 58.6 Å². The minimum Gasteiger partial charge on any atom is -0.494 e. The van der Waals surface area contributed by atoms with Gasteiger partial charge in [-0.25, -0.2) is 0 Å². The van der Waals surface area contributed by atoms with Gasteiger partial charge < -0.3 is 15.2 Å². The van der Waals surface area contributed by atoms with Gasteiger partial charge in [0, 0.05) is 0 Å². The van der Waals surface area contributed by atoms with Crippen LogP contribution < -0.4 is 10.1 Å². The lowest BCUT2D eigenvalue weighted by atomic mass is 9.96. The molecule has 0 saturated heterocycles. The van der Waals surface area contributed by atoms with Crippen LogP contribution in [0.1, 0.15) is 52.0 Å². The molecule has 21 heavy (non-hydrogen) atoms. The molecule has 0 fully saturated rings. The van der Waals surface area contributed by atoms with Crippen molar-refractivity contribution in [2.75, 3.05) is 13.2 Å². The highest BCUT2D eigenvalue weighted by molar-refractivity contribution is 5.78. The summed E-state index contributed by atoms with van der Waals surface area (Å²) in [7, 11) is 0. The average molecular weight is 293 g/mol. The van der Waals surface area contributed by atoms with E-state index in [-0.39, 0.29) is 0 Å². The highest BCUT2D eigenvalue weighted by atomic mass is 16.5. The number of carboxylic acid groups (broad SMARTS) is 1. The number of carboxylic acids is 1. The third-order valence-corrected chi connectivity index (χ3v) is 3.68. The fraction of sp³-hybridized carbons (Fsp3) is 0.588. The number of hydrogen-bond donors (Lipinski definition) is 2. The van der Waals surface area contributed by atoms with E-state index < -0.39 is 11.5 Å². The molecule has 0 heterocycles.